The van der Waals surface area contributed by atoms with Crippen LogP contribution in [0.4, 0.5) is 0 Å². The Kier molecular flexibility index (Phi) is 7.92. The van der Waals surface area contributed by atoms with Gasteiger partial charge in [0.15, 0.2) is 23.7 Å². The highest BCUT2D eigenvalue weighted by Gasteiger charge is 2.47. The summed E-state index contributed by atoms with van der Waals surface area (Å²) in [6.07, 6.45) is 3.42. The summed E-state index contributed by atoms with van der Waals surface area (Å²) in [5, 5.41) is 0.454. The van der Waals surface area contributed by atoms with E-state index in [1.165, 1.54) is 44.9 Å². The second-order valence-corrected chi connectivity index (χ2v) is 8.42. The lowest BCUT2D eigenvalue weighted by Gasteiger charge is -2.39. The van der Waals surface area contributed by atoms with Crippen molar-refractivity contribution in [2.24, 2.45) is 0 Å². The van der Waals surface area contributed by atoms with Gasteiger partial charge in [0.2, 0.25) is 0 Å². The number of carbonyl (C=O) groups is 3. The van der Waals surface area contributed by atoms with E-state index in [9.17, 15) is 14.4 Å². The Hall–Kier alpha value is -2.85. The molecule has 2 aromatic rings. The van der Waals surface area contributed by atoms with E-state index in [0.29, 0.717) is 16.3 Å². The molecule has 0 aromatic carbocycles. The van der Waals surface area contributed by atoms with Crippen molar-refractivity contribution in [2.75, 3.05) is 5.75 Å². The number of thioether (sulfide) groups is 1. The minimum atomic E-state index is -1.03. The fraction of sp³-hybridized carbons (Fsp3) is 0.381. The molecular formula is C21H21ClN2O7S. The summed E-state index contributed by atoms with van der Waals surface area (Å²) in [5.74, 6) is -1.09. The van der Waals surface area contributed by atoms with Crippen LogP contribution in [0.1, 0.15) is 20.8 Å². The molecule has 170 valence electrons. The highest BCUT2D eigenvalue weighted by atomic mass is 35.5. The zero-order chi connectivity index (χ0) is 23.3. The minimum absolute atomic E-state index is 0.267. The molecule has 1 saturated heterocycles. The van der Waals surface area contributed by atoms with Gasteiger partial charge in [-0.05, 0) is 12.1 Å². The lowest BCUT2D eigenvalue weighted by Crippen LogP contribution is -2.55. The summed E-state index contributed by atoms with van der Waals surface area (Å²) < 4.78 is 22.2. The molecule has 2 aromatic heterocycles. The topological polar surface area (TPSA) is 114 Å². The van der Waals surface area contributed by atoms with E-state index in [2.05, 4.69) is 9.97 Å². The Labute approximate surface area is 193 Å². The van der Waals surface area contributed by atoms with Crippen molar-refractivity contribution in [3.8, 4) is 16.9 Å². The number of pyridine rings is 2. The van der Waals surface area contributed by atoms with Crippen molar-refractivity contribution < 1.29 is 33.3 Å². The maximum Gasteiger partial charge on any atom is 0.303 e. The Bertz CT molecular complexity index is 1010. The number of nitrogens with zero attached hydrogens (tertiary/aromatic N) is 2. The summed E-state index contributed by atoms with van der Waals surface area (Å²) in [6, 6.07) is 3.49. The number of esters is 3. The fourth-order valence-electron chi connectivity index (χ4n) is 3.18. The third-order valence-corrected chi connectivity index (χ3v) is 5.87. The Morgan fingerprint density at radius 1 is 0.969 bits per heavy atom. The average Bonchev–Trinajstić information content (AvgIpc) is 2.72. The maximum absolute atomic E-state index is 11.8. The van der Waals surface area contributed by atoms with Crippen LogP contribution in [-0.4, -0.2) is 57.4 Å². The smallest absolute Gasteiger partial charge is 0.303 e. The number of ether oxygens (including phenoxy) is 4. The number of rotatable bonds is 6. The SMILES string of the molecule is CC(=O)O[C@@H]1[C@@H](OC(C)=O)[C@H](OC(C)=O)CS[C@H]1Oc1cncc(-c2ccncc2Cl)c1. The van der Waals surface area contributed by atoms with E-state index in [1.807, 2.05) is 0 Å². The quantitative estimate of drug-likeness (QED) is 0.451. The van der Waals surface area contributed by atoms with Crippen LogP contribution >= 0.6 is 23.4 Å². The number of aromatic nitrogens is 2. The van der Waals surface area contributed by atoms with E-state index >= 15 is 0 Å². The lowest BCUT2D eigenvalue weighted by atomic mass is 10.1. The number of carbonyl (C=O) groups excluding carboxylic acids is 3. The summed E-state index contributed by atoms with van der Waals surface area (Å²) in [6.45, 7) is 3.70. The third-order valence-electron chi connectivity index (χ3n) is 4.35. The molecule has 3 heterocycles. The van der Waals surface area contributed by atoms with E-state index in [4.69, 9.17) is 30.5 Å². The van der Waals surface area contributed by atoms with Gasteiger partial charge in [0.25, 0.3) is 0 Å². The van der Waals surface area contributed by atoms with Crippen molar-refractivity contribution in [3.63, 3.8) is 0 Å². The molecule has 0 saturated carbocycles. The van der Waals surface area contributed by atoms with Crippen molar-refractivity contribution in [2.45, 2.75) is 44.5 Å². The summed E-state index contributed by atoms with van der Waals surface area (Å²) >= 11 is 7.49. The van der Waals surface area contributed by atoms with Crippen molar-refractivity contribution in [3.05, 3.63) is 41.9 Å². The molecule has 9 nitrogen and oxygen atoms in total. The molecular weight excluding hydrogens is 460 g/mol. The molecule has 1 aliphatic rings. The molecule has 0 N–H and O–H groups in total. The van der Waals surface area contributed by atoms with Crippen molar-refractivity contribution >= 4 is 41.3 Å². The van der Waals surface area contributed by atoms with Crippen LogP contribution in [0.25, 0.3) is 11.1 Å². The zero-order valence-electron chi connectivity index (χ0n) is 17.5. The standard InChI is InChI=1S/C21H21ClN2O7S/c1-11(25)28-18-10-32-21(20(30-13(3)27)19(18)29-12(2)26)31-15-6-14(7-24-8-15)16-4-5-23-9-17(16)22/h4-9,18-21H,10H2,1-3H3/t18-,19+,20-,21-/m1/s1. The summed E-state index contributed by atoms with van der Waals surface area (Å²) in [4.78, 5) is 43.2. The first kappa shape index (κ1) is 23.8. The highest BCUT2D eigenvalue weighted by molar-refractivity contribution is 7.99. The van der Waals surface area contributed by atoms with Crippen LogP contribution in [0.5, 0.6) is 5.75 Å². The van der Waals surface area contributed by atoms with E-state index in [-0.39, 0.29) is 5.75 Å². The van der Waals surface area contributed by atoms with Gasteiger partial charge in [-0.1, -0.05) is 11.6 Å². The van der Waals surface area contributed by atoms with E-state index in [1.54, 1.807) is 24.5 Å². The van der Waals surface area contributed by atoms with Crippen LogP contribution in [0, 0.1) is 0 Å². The molecule has 4 atom stereocenters. The number of hydrogen-bond donors (Lipinski definition) is 0. The van der Waals surface area contributed by atoms with Crippen molar-refractivity contribution in [1.29, 1.82) is 0 Å². The molecule has 3 rings (SSSR count). The van der Waals surface area contributed by atoms with Gasteiger partial charge in [0.05, 0.1) is 11.2 Å². The van der Waals surface area contributed by atoms with Gasteiger partial charge >= 0.3 is 17.9 Å². The molecule has 0 amide bonds. The predicted molar refractivity (Wildman–Crippen MR) is 116 cm³/mol. The second kappa shape index (κ2) is 10.6. The Morgan fingerprint density at radius 3 is 2.31 bits per heavy atom. The molecule has 0 spiro atoms. The molecule has 0 unspecified atom stereocenters. The molecule has 32 heavy (non-hydrogen) atoms. The third kappa shape index (κ3) is 6.10. The average molecular weight is 481 g/mol. The Balaban J connectivity index is 1.88. The monoisotopic (exact) mass is 480 g/mol. The van der Waals surface area contributed by atoms with Crippen LogP contribution in [0.15, 0.2) is 36.9 Å². The molecule has 0 radical (unpaired) electrons. The van der Waals surface area contributed by atoms with Gasteiger partial charge in [-0.15, -0.1) is 11.8 Å². The fourth-order valence-corrected chi connectivity index (χ4v) is 4.63. The van der Waals surface area contributed by atoms with E-state index in [0.717, 1.165) is 5.56 Å². The maximum atomic E-state index is 11.8. The van der Waals surface area contributed by atoms with Crippen LogP contribution in [0.3, 0.4) is 0 Å². The number of hydrogen-bond acceptors (Lipinski definition) is 10. The van der Waals surface area contributed by atoms with Gasteiger partial charge in [0, 0.05) is 56.2 Å². The highest BCUT2D eigenvalue weighted by Crippen LogP contribution is 2.35. The number of halogens is 1. The lowest BCUT2D eigenvalue weighted by molar-refractivity contribution is -0.186. The first-order chi connectivity index (χ1) is 15.2. The van der Waals surface area contributed by atoms with Gasteiger partial charge in [-0.2, -0.15) is 0 Å². The summed E-state index contributed by atoms with van der Waals surface area (Å²) in [7, 11) is 0. The van der Waals surface area contributed by atoms with Crippen LogP contribution < -0.4 is 4.74 Å². The molecule has 0 aliphatic carbocycles. The minimum Gasteiger partial charge on any atom is -0.474 e. The summed E-state index contributed by atoms with van der Waals surface area (Å²) in [5.41, 5.74) is 0.675. The van der Waals surface area contributed by atoms with Crippen LogP contribution in [0.2, 0.25) is 5.02 Å². The molecule has 11 heteroatoms. The normalized spacial score (nSPS) is 22.5. The Morgan fingerprint density at radius 2 is 1.66 bits per heavy atom. The molecule has 1 fully saturated rings. The van der Waals surface area contributed by atoms with Crippen LogP contribution in [-0.2, 0) is 28.6 Å². The van der Waals surface area contributed by atoms with E-state index < -0.39 is 41.7 Å². The van der Waals surface area contributed by atoms with Gasteiger partial charge in [-0.25, -0.2) is 0 Å². The predicted octanol–water partition coefficient (Wildman–Crippen LogP) is 3.04. The first-order valence-corrected chi connectivity index (χ1v) is 11.0. The van der Waals surface area contributed by atoms with Crippen molar-refractivity contribution in [1.82, 2.24) is 9.97 Å². The molecule has 0 bridgehead atoms. The van der Waals surface area contributed by atoms with Gasteiger partial charge in [0.1, 0.15) is 5.75 Å². The molecule has 1 aliphatic heterocycles. The second-order valence-electron chi connectivity index (χ2n) is 6.88. The van der Waals surface area contributed by atoms with Gasteiger partial charge < -0.3 is 18.9 Å². The zero-order valence-corrected chi connectivity index (χ0v) is 19.1. The van der Waals surface area contributed by atoms with Gasteiger partial charge in [-0.3, -0.25) is 24.4 Å². The first-order valence-electron chi connectivity index (χ1n) is 9.59. The largest absolute Gasteiger partial charge is 0.474 e.